The predicted octanol–water partition coefficient (Wildman–Crippen LogP) is 3.88. The van der Waals surface area contributed by atoms with Crippen molar-refractivity contribution < 1.29 is 9.47 Å². The van der Waals surface area contributed by atoms with E-state index in [2.05, 4.69) is 54.6 Å². The number of hydrogen-bond acceptors (Lipinski definition) is 3. The highest BCUT2D eigenvalue weighted by Crippen LogP contribution is 2.28. The van der Waals surface area contributed by atoms with E-state index in [4.69, 9.17) is 9.47 Å². The van der Waals surface area contributed by atoms with Crippen molar-refractivity contribution in [3.8, 4) is 5.75 Å². The van der Waals surface area contributed by atoms with Gasteiger partial charge in [-0.2, -0.15) is 0 Å². The molecule has 2 N–H and O–H groups in total. The molecule has 1 aliphatic rings. The maximum Gasteiger partial charge on any atom is 0.191 e. The van der Waals surface area contributed by atoms with Crippen LogP contribution < -0.4 is 15.4 Å². The van der Waals surface area contributed by atoms with Gasteiger partial charge < -0.3 is 20.1 Å². The first-order chi connectivity index (χ1) is 12.1. The smallest absolute Gasteiger partial charge is 0.191 e. The summed E-state index contributed by atoms with van der Waals surface area (Å²) in [5.41, 5.74) is 2.34. The molecule has 6 heteroatoms. The molecule has 5 nitrogen and oxygen atoms in total. The molecule has 26 heavy (non-hydrogen) atoms. The first-order valence-electron chi connectivity index (χ1n) is 9.40. The quantitative estimate of drug-likeness (QED) is 0.234. The van der Waals surface area contributed by atoms with Crippen LogP contribution in [-0.4, -0.2) is 38.9 Å². The van der Waals surface area contributed by atoms with E-state index in [0.717, 1.165) is 42.8 Å². The number of halogens is 1. The van der Waals surface area contributed by atoms with E-state index < -0.39 is 0 Å². The van der Waals surface area contributed by atoms with Gasteiger partial charge in [0.05, 0.1) is 12.7 Å². The van der Waals surface area contributed by atoms with Crippen molar-refractivity contribution in [1.29, 1.82) is 0 Å². The van der Waals surface area contributed by atoms with Crippen LogP contribution in [0.5, 0.6) is 5.75 Å². The number of nitrogens with one attached hydrogen (secondary N) is 2. The molecule has 0 bridgehead atoms. The molecule has 0 radical (unpaired) electrons. The zero-order valence-electron chi connectivity index (χ0n) is 16.5. The summed E-state index contributed by atoms with van der Waals surface area (Å²) in [6.07, 6.45) is 3.86. The second kappa shape index (κ2) is 12.4. The van der Waals surface area contributed by atoms with Crippen LogP contribution in [0, 0.1) is 12.8 Å². The first kappa shape index (κ1) is 23.0. The van der Waals surface area contributed by atoms with Gasteiger partial charge in [0, 0.05) is 32.3 Å². The highest BCUT2D eigenvalue weighted by molar-refractivity contribution is 14.0. The van der Waals surface area contributed by atoms with Crippen LogP contribution in [-0.2, 0) is 11.3 Å². The fourth-order valence-electron chi connectivity index (χ4n) is 2.39. The Labute approximate surface area is 175 Å². The van der Waals surface area contributed by atoms with E-state index in [9.17, 15) is 0 Å². The zero-order valence-corrected chi connectivity index (χ0v) is 18.8. The summed E-state index contributed by atoms with van der Waals surface area (Å²) in [6.45, 7) is 9.36. The van der Waals surface area contributed by atoms with Gasteiger partial charge in [-0.15, -0.1) is 24.0 Å². The Kier molecular flexibility index (Phi) is 11.0. The van der Waals surface area contributed by atoms with Crippen LogP contribution in [0.15, 0.2) is 23.2 Å². The van der Waals surface area contributed by atoms with Crippen molar-refractivity contribution in [2.24, 2.45) is 10.9 Å². The minimum Gasteiger partial charge on any atom is -0.490 e. The summed E-state index contributed by atoms with van der Waals surface area (Å²) in [7, 11) is 1.78. The second-order valence-electron chi connectivity index (χ2n) is 6.82. The number of guanidine groups is 1. The molecule has 1 aromatic carbocycles. The molecular formula is C20H34IN3O2. The second-order valence-corrected chi connectivity index (χ2v) is 6.82. The van der Waals surface area contributed by atoms with Crippen LogP contribution in [0.4, 0.5) is 0 Å². The Morgan fingerprint density at radius 3 is 2.73 bits per heavy atom. The minimum atomic E-state index is 0. The van der Waals surface area contributed by atoms with Crippen LogP contribution in [0.3, 0.4) is 0 Å². The van der Waals surface area contributed by atoms with Gasteiger partial charge >= 0.3 is 0 Å². The number of benzene rings is 1. The Hall–Kier alpha value is -1.02. The van der Waals surface area contributed by atoms with Gasteiger partial charge in [-0.25, -0.2) is 0 Å². The average molecular weight is 475 g/mol. The number of ether oxygens (including phenoxy) is 2. The highest BCUT2D eigenvalue weighted by Gasteiger charge is 2.20. The maximum absolute atomic E-state index is 6.06. The Balaban J connectivity index is 0.00000338. The molecule has 1 saturated carbocycles. The van der Waals surface area contributed by atoms with Gasteiger partial charge in [0.1, 0.15) is 5.75 Å². The molecule has 1 aliphatic carbocycles. The van der Waals surface area contributed by atoms with E-state index in [1.54, 1.807) is 7.05 Å². The topological polar surface area (TPSA) is 54.9 Å². The Bertz CT molecular complexity index is 562. The molecule has 0 heterocycles. The largest absolute Gasteiger partial charge is 0.490 e. The number of aryl methyl sites for hydroxylation is 1. The molecule has 1 unspecified atom stereocenters. The van der Waals surface area contributed by atoms with Gasteiger partial charge in [0.2, 0.25) is 0 Å². The van der Waals surface area contributed by atoms with E-state index in [-0.39, 0.29) is 30.1 Å². The van der Waals surface area contributed by atoms with E-state index in [1.165, 1.54) is 18.4 Å². The number of nitrogens with zero attached hydrogens (tertiary/aromatic N) is 1. The van der Waals surface area contributed by atoms with Gasteiger partial charge in [-0.1, -0.05) is 19.1 Å². The minimum absolute atomic E-state index is 0. The van der Waals surface area contributed by atoms with E-state index >= 15 is 0 Å². The normalized spacial score (nSPS) is 15.2. The third kappa shape index (κ3) is 8.58. The summed E-state index contributed by atoms with van der Waals surface area (Å²) in [5.74, 6) is 2.54. The van der Waals surface area contributed by atoms with Gasteiger partial charge in [0.25, 0.3) is 0 Å². The molecule has 148 valence electrons. The van der Waals surface area contributed by atoms with Crippen LogP contribution in [0.1, 0.15) is 44.2 Å². The lowest BCUT2D eigenvalue weighted by Gasteiger charge is -2.18. The fraction of sp³-hybridized carbons (Fsp3) is 0.650. The maximum atomic E-state index is 6.06. The van der Waals surface area contributed by atoms with Crippen molar-refractivity contribution in [2.75, 3.05) is 26.8 Å². The van der Waals surface area contributed by atoms with E-state index in [0.29, 0.717) is 13.2 Å². The van der Waals surface area contributed by atoms with Crippen molar-refractivity contribution in [2.45, 2.75) is 52.7 Å². The van der Waals surface area contributed by atoms with Crippen molar-refractivity contribution >= 4 is 29.9 Å². The van der Waals surface area contributed by atoms with Gasteiger partial charge in [0.15, 0.2) is 5.96 Å². The summed E-state index contributed by atoms with van der Waals surface area (Å²) >= 11 is 0. The number of hydrogen-bond donors (Lipinski definition) is 2. The summed E-state index contributed by atoms with van der Waals surface area (Å²) in [4.78, 5) is 4.27. The van der Waals surface area contributed by atoms with Gasteiger partial charge in [-0.05, 0) is 50.7 Å². The predicted molar refractivity (Wildman–Crippen MR) is 119 cm³/mol. The van der Waals surface area contributed by atoms with Crippen molar-refractivity contribution in [3.63, 3.8) is 0 Å². The molecule has 2 rings (SSSR count). The monoisotopic (exact) mass is 475 g/mol. The van der Waals surface area contributed by atoms with Crippen LogP contribution in [0.2, 0.25) is 0 Å². The summed E-state index contributed by atoms with van der Waals surface area (Å²) in [5, 5.41) is 6.64. The lowest BCUT2D eigenvalue weighted by Crippen LogP contribution is -2.38. The molecule has 0 saturated heterocycles. The molecule has 1 aromatic rings. The summed E-state index contributed by atoms with van der Waals surface area (Å²) in [6, 6.07) is 6.33. The number of rotatable bonds is 10. The highest BCUT2D eigenvalue weighted by atomic mass is 127. The number of aliphatic imine (C=N–C) groups is 1. The van der Waals surface area contributed by atoms with Crippen molar-refractivity contribution in [1.82, 2.24) is 10.6 Å². The SMILES string of the molecule is CCC(C)Oc1cc(C)ccc1CNC(=NC)NCCOCC1CC1.I. The molecule has 0 amide bonds. The van der Waals surface area contributed by atoms with Crippen LogP contribution >= 0.6 is 24.0 Å². The fourth-order valence-corrected chi connectivity index (χ4v) is 2.39. The van der Waals surface area contributed by atoms with Gasteiger partial charge in [-0.3, -0.25) is 4.99 Å². The third-order valence-electron chi connectivity index (χ3n) is 4.38. The standard InChI is InChI=1S/C20H33N3O2.HI/c1-5-16(3)25-19-12-15(2)6-9-18(19)13-23-20(21-4)22-10-11-24-14-17-7-8-17;/h6,9,12,16-17H,5,7-8,10-11,13-14H2,1-4H3,(H2,21,22,23);1H. The first-order valence-corrected chi connectivity index (χ1v) is 9.40. The third-order valence-corrected chi connectivity index (χ3v) is 4.38. The van der Waals surface area contributed by atoms with Crippen molar-refractivity contribution in [3.05, 3.63) is 29.3 Å². The Morgan fingerprint density at radius 2 is 2.08 bits per heavy atom. The lowest BCUT2D eigenvalue weighted by molar-refractivity contribution is 0.129. The average Bonchev–Trinajstić information content (AvgIpc) is 3.43. The lowest BCUT2D eigenvalue weighted by atomic mass is 10.1. The molecule has 0 spiro atoms. The molecule has 0 aromatic heterocycles. The molecular weight excluding hydrogens is 441 g/mol. The van der Waals surface area contributed by atoms with Crippen LogP contribution in [0.25, 0.3) is 0 Å². The Morgan fingerprint density at radius 1 is 1.31 bits per heavy atom. The molecule has 1 atom stereocenters. The summed E-state index contributed by atoms with van der Waals surface area (Å²) < 4.78 is 11.7. The molecule has 0 aliphatic heterocycles. The van der Waals surface area contributed by atoms with E-state index in [1.807, 2.05) is 0 Å². The molecule has 1 fully saturated rings. The zero-order chi connectivity index (χ0) is 18.1.